The number of nitrogens with zero attached hydrogens (tertiary/aromatic N) is 5. The molecule has 2 heterocycles. The first kappa shape index (κ1) is 17.6. The van der Waals surface area contributed by atoms with E-state index >= 15 is 0 Å². The SMILES string of the molecule is CCc1ccc(CCN2Cc3nnc(C)n3CC2C(=O)N(C)C)cc1. The molecule has 0 bridgehead atoms. The molecular formula is C19H27N5O. The minimum absolute atomic E-state index is 0.139. The molecule has 1 atom stereocenters. The van der Waals surface area contributed by atoms with Gasteiger partial charge in [-0.1, -0.05) is 31.2 Å². The van der Waals surface area contributed by atoms with Crippen LogP contribution in [-0.2, 0) is 30.7 Å². The Bertz CT molecular complexity index is 735. The van der Waals surface area contributed by atoms with E-state index in [4.69, 9.17) is 0 Å². The number of hydrogen-bond donors (Lipinski definition) is 0. The van der Waals surface area contributed by atoms with E-state index in [0.29, 0.717) is 13.1 Å². The molecule has 0 spiro atoms. The van der Waals surface area contributed by atoms with Gasteiger partial charge < -0.3 is 9.47 Å². The fourth-order valence-corrected chi connectivity index (χ4v) is 3.34. The summed E-state index contributed by atoms with van der Waals surface area (Å²) in [5.74, 6) is 1.96. The number of carbonyl (C=O) groups excluding carboxylic acids is 1. The van der Waals surface area contributed by atoms with Gasteiger partial charge in [-0.25, -0.2) is 0 Å². The van der Waals surface area contributed by atoms with E-state index in [-0.39, 0.29) is 11.9 Å². The molecule has 0 aliphatic carbocycles. The number of amides is 1. The van der Waals surface area contributed by atoms with Gasteiger partial charge in [0.05, 0.1) is 13.1 Å². The van der Waals surface area contributed by atoms with Gasteiger partial charge in [0.15, 0.2) is 0 Å². The standard InChI is InChI=1S/C19H27N5O/c1-5-15-6-8-16(9-7-15)10-11-23-13-18-21-20-14(2)24(18)12-17(23)19(25)22(3)4/h6-9,17H,5,10-13H2,1-4H3. The van der Waals surface area contributed by atoms with Gasteiger partial charge in [0.25, 0.3) is 0 Å². The maximum atomic E-state index is 12.7. The molecule has 1 unspecified atom stereocenters. The van der Waals surface area contributed by atoms with Gasteiger partial charge in [-0.2, -0.15) is 0 Å². The highest BCUT2D eigenvalue weighted by atomic mass is 16.2. The quantitative estimate of drug-likeness (QED) is 0.830. The van der Waals surface area contributed by atoms with Gasteiger partial charge in [0, 0.05) is 20.6 Å². The predicted molar refractivity (Wildman–Crippen MR) is 97.2 cm³/mol. The topological polar surface area (TPSA) is 54.3 Å². The second kappa shape index (κ2) is 7.35. The molecule has 1 aliphatic rings. The van der Waals surface area contributed by atoms with E-state index in [1.807, 2.05) is 21.0 Å². The van der Waals surface area contributed by atoms with Crippen molar-refractivity contribution in [2.24, 2.45) is 0 Å². The predicted octanol–water partition coefficient (Wildman–Crippen LogP) is 1.66. The van der Waals surface area contributed by atoms with Crippen molar-refractivity contribution in [1.82, 2.24) is 24.6 Å². The van der Waals surface area contributed by atoms with Crippen LogP contribution in [0.4, 0.5) is 0 Å². The molecule has 3 rings (SSSR count). The van der Waals surface area contributed by atoms with Crippen LogP contribution in [0.15, 0.2) is 24.3 Å². The molecule has 0 radical (unpaired) electrons. The fraction of sp³-hybridized carbons (Fsp3) is 0.526. The van der Waals surface area contributed by atoms with Crippen LogP contribution >= 0.6 is 0 Å². The maximum Gasteiger partial charge on any atom is 0.241 e. The van der Waals surface area contributed by atoms with Crippen molar-refractivity contribution in [3.05, 3.63) is 47.0 Å². The number of aromatic nitrogens is 3. The third-order valence-electron chi connectivity index (χ3n) is 5.00. The summed E-state index contributed by atoms with van der Waals surface area (Å²) in [6.45, 7) is 6.23. The van der Waals surface area contributed by atoms with E-state index in [1.54, 1.807) is 4.90 Å². The highest BCUT2D eigenvalue weighted by Crippen LogP contribution is 2.19. The van der Waals surface area contributed by atoms with Crippen molar-refractivity contribution in [3.63, 3.8) is 0 Å². The van der Waals surface area contributed by atoms with Crippen LogP contribution in [0.1, 0.15) is 29.7 Å². The second-order valence-electron chi connectivity index (χ2n) is 6.91. The van der Waals surface area contributed by atoms with Gasteiger partial charge in [-0.3, -0.25) is 9.69 Å². The Morgan fingerprint density at radius 1 is 1.20 bits per heavy atom. The van der Waals surface area contributed by atoms with Crippen molar-refractivity contribution in [3.8, 4) is 0 Å². The molecule has 6 nitrogen and oxygen atoms in total. The monoisotopic (exact) mass is 341 g/mol. The molecule has 1 aromatic carbocycles. The summed E-state index contributed by atoms with van der Waals surface area (Å²) >= 11 is 0. The zero-order valence-electron chi connectivity index (χ0n) is 15.6. The summed E-state index contributed by atoms with van der Waals surface area (Å²) in [5.41, 5.74) is 2.66. The summed E-state index contributed by atoms with van der Waals surface area (Å²) in [4.78, 5) is 16.6. The van der Waals surface area contributed by atoms with E-state index in [2.05, 4.69) is 50.9 Å². The minimum atomic E-state index is -0.160. The van der Waals surface area contributed by atoms with Crippen LogP contribution < -0.4 is 0 Å². The zero-order valence-corrected chi connectivity index (χ0v) is 15.6. The van der Waals surface area contributed by atoms with Crippen molar-refractivity contribution in [1.29, 1.82) is 0 Å². The molecule has 0 saturated carbocycles. The third-order valence-corrected chi connectivity index (χ3v) is 5.00. The number of aryl methyl sites for hydroxylation is 2. The lowest BCUT2D eigenvalue weighted by Crippen LogP contribution is -2.52. The first-order valence-electron chi connectivity index (χ1n) is 8.91. The summed E-state index contributed by atoms with van der Waals surface area (Å²) in [6, 6.07) is 8.60. The van der Waals surface area contributed by atoms with E-state index in [1.165, 1.54) is 11.1 Å². The molecule has 0 N–H and O–H groups in total. The fourth-order valence-electron chi connectivity index (χ4n) is 3.34. The normalized spacial score (nSPS) is 17.4. The lowest BCUT2D eigenvalue weighted by atomic mass is 10.1. The Morgan fingerprint density at radius 3 is 2.52 bits per heavy atom. The molecule has 1 aromatic heterocycles. The molecule has 2 aromatic rings. The number of carbonyl (C=O) groups is 1. The first-order valence-corrected chi connectivity index (χ1v) is 8.91. The van der Waals surface area contributed by atoms with E-state index in [9.17, 15) is 4.79 Å². The number of hydrogen-bond acceptors (Lipinski definition) is 4. The van der Waals surface area contributed by atoms with Gasteiger partial charge in [0.2, 0.25) is 5.91 Å². The summed E-state index contributed by atoms with van der Waals surface area (Å²) in [6.07, 6.45) is 1.98. The molecule has 1 aliphatic heterocycles. The van der Waals surface area contributed by atoms with Gasteiger partial charge in [-0.15, -0.1) is 10.2 Å². The smallest absolute Gasteiger partial charge is 0.241 e. The molecule has 6 heteroatoms. The number of benzene rings is 1. The Hall–Kier alpha value is -2.21. The summed E-state index contributed by atoms with van der Waals surface area (Å²) < 4.78 is 2.07. The number of likely N-dealkylation sites (N-methyl/N-ethyl adjacent to an activating group) is 1. The lowest BCUT2D eigenvalue weighted by Gasteiger charge is -2.36. The van der Waals surface area contributed by atoms with Crippen LogP contribution in [0.5, 0.6) is 0 Å². The molecular weight excluding hydrogens is 314 g/mol. The minimum Gasteiger partial charge on any atom is -0.347 e. The van der Waals surface area contributed by atoms with Gasteiger partial charge in [-0.05, 0) is 30.9 Å². The Labute approximate surface area is 149 Å². The van der Waals surface area contributed by atoms with E-state index < -0.39 is 0 Å². The largest absolute Gasteiger partial charge is 0.347 e. The highest BCUT2D eigenvalue weighted by molar-refractivity contribution is 5.81. The molecule has 134 valence electrons. The Balaban J connectivity index is 1.75. The van der Waals surface area contributed by atoms with Crippen LogP contribution in [0.2, 0.25) is 0 Å². The Morgan fingerprint density at radius 2 is 1.88 bits per heavy atom. The number of fused-ring (bicyclic) bond motifs is 1. The third kappa shape index (κ3) is 3.74. The molecule has 1 amide bonds. The van der Waals surface area contributed by atoms with E-state index in [0.717, 1.165) is 31.0 Å². The molecule has 25 heavy (non-hydrogen) atoms. The van der Waals surface area contributed by atoms with Crippen molar-refractivity contribution >= 4 is 5.91 Å². The molecule has 0 saturated heterocycles. The van der Waals surface area contributed by atoms with Gasteiger partial charge >= 0.3 is 0 Å². The molecule has 0 fully saturated rings. The Kier molecular flexibility index (Phi) is 5.18. The number of rotatable bonds is 5. The zero-order chi connectivity index (χ0) is 18.0. The average molecular weight is 341 g/mol. The first-order chi connectivity index (χ1) is 12.0. The van der Waals surface area contributed by atoms with Crippen molar-refractivity contribution in [2.45, 2.75) is 45.8 Å². The summed E-state index contributed by atoms with van der Waals surface area (Å²) in [5, 5.41) is 8.44. The van der Waals surface area contributed by atoms with Gasteiger partial charge in [0.1, 0.15) is 17.7 Å². The van der Waals surface area contributed by atoms with Crippen LogP contribution in [0.25, 0.3) is 0 Å². The maximum absolute atomic E-state index is 12.7. The second-order valence-corrected chi connectivity index (χ2v) is 6.91. The lowest BCUT2D eigenvalue weighted by molar-refractivity contribution is -0.136. The van der Waals surface area contributed by atoms with Crippen LogP contribution in [-0.4, -0.2) is 57.2 Å². The van der Waals surface area contributed by atoms with Crippen LogP contribution in [0.3, 0.4) is 0 Å². The van der Waals surface area contributed by atoms with Crippen LogP contribution in [0, 0.1) is 6.92 Å². The average Bonchev–Trinajstić information content (AvgIpc) is 2.99. The van der Waals surface area contributed by atoms with Crippen molar-refractivity contribution in [2.75, 3.05) is 20.6 Å². The highest BCUT2D eigenvalue weighted by Gasteiger charge is 2.33. The van der Waals surface area contributed by atoms with Crippen molar-refractivity contribution < 1.29 is 4.79 Å². The summed E-state index contributed by atoms with van der Waals surface area (Å²) in [7, 11) is 3.64.